The first-order chi connectivity index (χ1) is 12.9. The SMILES string of the molecule is [CH-]=CC(=[C-]c1ccccc1)c1ccccc1.[Zr].c1cc[cH-]c1.c1cc[cH-]c1. The van der Waals surface area contributed by atoms with Crippen molar-refractivity contribution in [2.45, 2.75) is 0 Å². The van der Waals surface area contributed by atoms with Crippen molar-refractivity contribution in [2.24, 2.45) is 0 Å². The van der Waals surface area contributed by atoms with Crippen molar-refractivity contribution in [3.05, 3.63) is 151 Å². The van der Waals surface area contributed by atoms with E-state index in [0.717, 1.165) is 16.7 Å². The number of hydrogen-bond acceptors (Lipinski definition) is 0. The smallest absolute Gasteiger partial charge is 0 e. The largest absolute Gasteiger partial charge is 0.334 e. The van der Waals surface area contributed by atoms with Crippen LogP contribution in [0.15, 0.2) is 127 Å². The van der Waals surface area contributed by atoms with E-state index in [0.29, 0.717) is 0 Å². The zero-order valence-corrected chi connectivity index (χ0v) is 17.7. The summed E-state index contributed by atoms with van der Waals surface area (Å²) in [5, 5.41) is 0. The van der Waals surface area contributed by atoms with Gasteiger partial charge in [-0.25, -0.2) is 30.3 Å². The van der Waals surface area contributed by atoms with Crippen molar-refractivity contribution in [3.8, 4) is 0 Å². The van der Waals surface area contributed by atoms with Gasteiger partial charge in [0.25, 0.3) is 0 Å². The van der Waals surface area contributed by atoms with Gasteiger partial charge in [-0.2, -0.15) is 42.0 Å². The molecule has 0 bridgehead atoms. The maximum absolute atomic E-state index is 5.63. The molecule has 0 aromatic heterocycles. The van der Waals surface area contributed by atoms with E-state index >= 15 is 0 Å². The van der Waals surface area contributed by atoms with E-state index in [1.807, 2.05) is 121 Å². The first-order valence-electron chi connectivity index (χ1n) is 8.53. The molecular formula is C26H22Zr-4. The van der Waals surface area contributed by atoms with Crippen LogP contribution in [-0.4, -0.2) is 0 Å². The van der Waals surface area contributed by atoms with Crippen molar-refractivity contribution in [3.63, 3.8) is 0 Å². The molecule has 134 valence electrons. The summed E-state index contributed by atoms with van der Waals surface area (Å²) in [7, 11) is 0. The van der Waals surface area contributed by atoms with Gasteiger partial charge >= 0.3 is 0 Å². The van der Waals surface area contributed by atoms with Gasteiger partial charge in [-0.05, 0) is 0 Å². The summed E-state index contributed by atoms with van der Waals surface area (Å²) in [6.07, 6.45) is 4.87. The summed E-state index contributed by atoms with van der Waals surface area (Å²) in [6.45, 7) is 5.63. The molecule has 1 heteroatoms. The van der Waals surface area contributed by atoms with E-state index in [9.17, 15) is 0 Å². The van der Waals surface area contributed by atoms with Gasteiger partial charge in [0.1, 0.15) is 0 Å². The van der Waals surface area contributed by atoms with Gasteiger partial charge < -0.3 is 6.58 Å². The fourth-order valence-corrected chi connectivity index (χ4v) is 2.15. The summed E-state index contributed by atoms with van der Waals surface area (Å²) in [4.78, 5) is 0. The zero-order chi connectivity index (χ0) is 18.3. The molecule has 4 rings (SSSR count). The van der Waals surface area contributed by atoms with Crippen LogP contribution in [0.4, 0.5) is 0 Å². The van der Waals surface area contributed by atoms with Gasteiger partial charge in [-0.15, -0.1) is 29.8 Å². The number of rotatable bonds is 3. The quantitative estimate of drug-likeness (QED) is 0.194. The molecule has 0 amide bonds. The van der Waals surface area contributed by atoms with Gasteiger partial charge in [0, 0.05) is 26.2 Å². The van der Waals surface area contributed by atoms with Crippen molar-refractivity contribution in [1.82, 2.24) is 0 Å². The first kappa shape index (κ1) is 22.5. The third-order valence-electron chi connectivity index (χ3n) is 3.42. The molecule has 0 aliphatic carbocycles. The maximum atomic E-state index is 5.63. The number of allylic oxidation sites excluding steroid dienone is 2. The summed E-state index contributed by atoms with van der Waals surface area (Å²) in [5.41, 5.74) is 3.02. The van der Waals surface area contributed by atoms with Crippen molar-refractivity contribution < 1.29 is 26.2 Å². The molecule has 0 radical (unpaired) electrons. The Morgan fingerprint density at radius 3 is 1.48 bits per heavy atom. The average Bonchev–Trinajstić information content (AvgIpc) is 3.46. The summed E-state index contributed by atoms with van der Waals surface area (Å²) in [5.74, 6) is 0. The van der Waals surface area contributed by atoms with Crippen LogP contribution in [0, 0.1) is 12.7 Å². The van der Waals surface area contributed by atoms with E-state index < -0.39 is 0 Å². The third kappa shape index (κ3) is 9.68. The van der Waals surface area contributed by atoms with Crippen molar-refractivity contribution in [1.29, 1.82) is 0 Å². The second-order valence-electron chi connectivity index (χ2n) is 5.36. The molecular weight excluding hydrogens is 404 g/mol. The fourth-order valence-electron chi connectivity index (χ4n) is 2.15. The Balaban J connectivity index is 0.000000270. The van der Waals surface area contributed by atoms with Gasteiger partial charge in [-0.1, -0.05) is 36.4 Å². The Hall–Kier alpha value is -2.50. The van der Waals surface area contributed by atoms with Crippen LogP contribution in [-0.2, 0) is 26.2 Å². The average molecular weight is 426 g/mol. The Morgan fingerprint density at radius 1 is 0.667 bits per heavy atom. The van der Waals surface area contributed by atoms with Crippen LogP contribution in [0.3, 0.4) is 0 Å². The van der Waals surface area contributed by atoms with E-state index in [-0.39, 0.29) is 26.2 Å². The van der Waals surface area contributed by atoms with E-state index in [2.05, 4.69) is 6.08 Å². The first-order valence-corrected chi connectivity index (χ1v) is 8.53. The Kier molecular flexibility index (Phi) is 12.2. The second-order valence-corrected chi connectivity index (χ2v) is 5.36. The molecule has 4 aromatic carbocycles. The topological polar surface area (TPSA) is 0 Å². The summed E-state index contributed by atoms with van der Waals surface area (Å²) < 4.78 is 0. The summed E-state index contributed by atoms with van der Waals surface area (Å²) in [6, 6.07) is 40.0. The molecule has 0 saturated heterocycles. The molecule has 0 fully saturated rings. The molecule has 0 aliphatic heterocycles. The molecule has 0 spiro atoms. The molecule has 0 aliphatic rings. The number of benzene rings is 2. The fraction of sp³-hybridized carbons (Fsp3) is 0. The molecule has 0 atom stereocenters. The Morgan fingerprint density at radius 2 is 1.11 bits per heavy atom. The standard InChI is InChI=1S/C16H12.2C5H5.Zr/c1-2-15(16-11-7-4-8-12-16)13-14-9-5-3-6-10-14;2*1-2-4-5-3-1;/h1-12H;2*1-5H;/q-2;2*-1;. The molecule has 27 heavy (non-hydrogen) atoms. The molecule has 4 aromatic rings. The van der Waals surface area contributed by atoms with Crippen LogP contribution in [0.1, 0.15) is 11.1 Å². The minimum atomic E-state index is 0. The predicted molar refractivity (Wildman–Crippen MR) is 112 cm³/mol. The molecule has 0 N–H and O–H groups in total. The van der Waals surface area contributed by atoms with Gasteiger partial charge in [0.2, 0.25) is 0 Å². The minimum Gasteiger partial charge on any atom is -0.334 e. The molecule has 0 saturated carbocycles. The van der Waals surface area contributed by atoms with E-state index in [1.165, 1.54) is 0 Å². The maximum Gasteiger partial charge on any atom is 0 e. The van der Waals surface area contributed by atoms with Crippen molar-refractivity contribution in [2.75, 3.05) is 0 Å². The monoisotopic (exact) mass is 424 g/mol. The molecule has 0 nitrogen and oxygen atoms in total. The Labute approximate surface area is 182 Å². The van der Waals surface area contributed by atoms with Gasteiger partial charge in [0.05, 0.1) is 0 Å². The minimum absolute atomic E-state index is 0. The van der Waals surface area contributed by atoms with Crippen LogP contribution in [0.2, 0.25) is 0 Å². The number of hydrogen-bond donors (Lipinski definition) is 0. The Bertz CT molecular complexity index is 763. The second kappa shape index (κ2) is 14.6. The van der Waals surface area contributed by atoms with Crippen LogP contribution < -0.4 is 0 Å². The van der Waals surface area contributed by atoms with E-state index in [4.69, 9.17) is 6.58 Å². The zero-order valence-electron chi connectivity index (χ0n) is 15.2. The predicted octanol–water partition coefficient (Wildman–Crippen LogP) is 6.72. The van der Waals surface area contributed by atoms with E-state index in [1.54, 1.807) is 6.08 Å². The molecule has 0 heterocycles. The van der Waals surface area contributed by atoms with Gasteiger partial charge in [-0.3, -0.25) is 11.6 Å². The normalized spacial score (nSPS) is 9.56. The van der Waals surface area contributed by atoms with Crippen molar-refractivity contribution >= 4 is 5.57 Å². The third-order valence-corrected chi connectivity index (χ3v) is 3.42. The molecule has 0 unspecified atom stereocenters. The summed E-state index contributed by atoms with van der Waals surface area (Å²) >= 11 is 0. The van der Waals surface area contributed by atoms with Crippen LogP contribution in [0.25, 0.3) is 5.57 Å². The van der Waals surface area contributed by atoms with Gasteiger partial charge in [0.15, 0.2) is 0 Å². The van der Waals surface area contributed by atoms with Crippen LogP contribution >= 0.6 is 0 Å². The van der Waals surface area contributed by atoms with Crippen LogP contribution in [0.5, 0.6) is 0 Å².